The Balaban J connectivity index is 2.84. The summed E-state index contributed by atoms with van der Waals surface area (Å²) in [6.07, 6.45) is 0. The summed E-state index contributed by atoms with van der Waals surface area (Å²) in [5.41, 5.74) is 0.450. The highest BCUT2D eigenvalue weighted by Gasteiger charge is 2.04. The average molecular weight is 184 g/mol. The van der Waals surface area contributed by atoms with Gasteiger partial charge in [-0.15, -0.1) is 0 Å². The van der Waals surface area contributed by atoms with Crippen molar-refractivity contribution in [2.24, 2.45) is 0 Å². The van der Waals surface area contributed by atoms with Crippen LogP contribution < -0.4 is 4.74 Å². The number of ether oxygens (including phenoxy) is 1. The zero-order valence-corrected chi connectivity index (χ0v) is 7.38. The molecule has 0 radical (unpaired) electrons. The summed E-state index contributed by atoms with van der Waals surface area (Å²) in [5, 5.41) is 0. The van der Waals surface area contributed by atoms with Crippen LogP contribution in [0.3, 0.4) is 0 Å². The van der Waals surface area contributed by atoms with Crippen molar-refractivity contribution in [1.82, 2.24) is 0 Å². The number of rotatable bonds is 2. The normalized spacial score (nSPS) is 9.17. The molecule has 0 fully saturated rings. The highest BCUT2D eigenvalue weighted by atomic mass is 32.1. The zero-order chi connectivity index (χ0) is 8.97. The summed E-state index contributed by atoms with van der Waals surface area (Å²) in [4.78, 5) is 10.9. The molecule has 1 rings (SSSR count). The molecule has 0 spiro atoms. The number of hydrogen-bond donors (Lipinski definition) is 1. The van der Waals surface area contributed by atoms with Crippen LogP contribution in [0.1, 0.15) is 10.4 Å². The molecule has 0 aliphatic heterocycles. The van der Waals surface area contributed by atoms with Crippen molar-refractivity contribution in [3.05, 3.63) is 29.8 Å². The van der Waals surface area contributed by atoms with Crippen molar-refractivity contribution in [2.45, 2.75) is 0 Å². The van der Waals surface area contributed by atoms with Gasteiger partial charge in [-0.2, -0.15) is 0 Å². The predicted molar refractivity (Wildman–Crippen MR) is 47.4 cm³/mol. The maximum Gasteiger partial charge on any atom is 0.349 e. The number of carbonyl (C=O) groups is 1. The second-order valence-electron chi connectivity index (χ2n) is 2.11. The zero-order valence-electron chi connectivity index (χ0n) is 6.48. The molecule has 64 valence electrons. The van der Waals surface area contributed by atoms with E-state index in [4.69, 9.17) is 4.74 Å². The average Bonchev–Trinajstić information content (AvgIpc) is 2.17. The van der Waals surface area contributed by atoms with Crippen molar-refractivity contribution in [3.8, 4) is 5.75 Å². The monoisotopic (exact) mass is 184 g/mol. The Morgan fingerprint density at radius 3 is 2.33 bits per heavy atom. The van der Waals surface area contributed by atoms with E-state index in [0.29, 0.717) is 11.3 Å². The van der Waals surface area contributed by atoms with Gasteiger partial charge in [0.25, 0.3) is 0 Å². The van der Waals surface area contributed by atoms with Gasteiger partial charge in [-0.3, -0.25) is 0 Å². The van der Waals surface area contributed by atoms with Crippen molar-refractivity contribution >= 4 is 18.9 Å². The van der Waals surface area contributed by atoms with Crippen LogP contribution in [0.2, 0.25) is 0 Å². The lowest BCUT2D eigenvalue weighted by atomic mass is 10.2. The van der Waals surface area contributed by atoms with Crippen molar-refractivity contribution in [3.63, 3.8) is 0 Å². The summed E-state index contributed by atoms with van der Waals surface area (Å²) in [6, 6.07) is 6.58. The van der Waals surface area contributed by atoms with E-state index < -0.39 is 5.97 Å². The van der Waals surface area contributed by atoms with E-state index in [9.17, 15) is 4.79 Å². The Hall–Kier alpha value is -1.16. The lowest BCUT2D eigenvalue weighted by Crippen LogP contribution is -1.97. The van der Waals surface area contributed by atoms with Crippen LogP contribution in [0.5, 0.6) is 5.75 Å². The van der Waals surface area contributed by atoms with E-state index in [-0.39, 0.29) is 0 Å². The van der Waals surface area contributed by atoms with Gasteiger partial charge >= 0.3 is 5.97 Å². The quantitative estimate of drug-likeness (QED) is 0.561. The summed E-state index contributed by atoms with van der Waals surface area (Å²) < 4.78 is 9.14. The lowest BCUT2D eigenvalue weighted by molar-refractivity contribution is 0.0772. The molecule has 0 atom stereocenters. The molecule has 4 heteroatoms. The molecule has 0 aliphatic carbocycles. The molecule has 1 aromatic rings. The van der Waals surface area contributed by atoms with Crippen LogP contribution in [-0.2, 0) is 4.18 Å². The van der Waals surface area contributed by atoms with Crippen LogP contribution in [-0.4, -0.2) is 13.1 Å². The highest BCUT2D eigenvalue weighted by molar-refractivity contribution is 7.75. The van der Waals surface area contributed by atoms with Crippen LogP contribution in [0.4, 0.5) is 0 Å². The molecule has 12 heavy (non-hydrogen) atoms. The topological polar surface area (TPSA) is 35.5 Å². The predicted octanol–water partition coefficient (Wildman–Crippen LogP) is 1.70. The Labute approximate surface area is 75.9 Å². The Morgan fingerprint density at radius 1 is 1.33 bits per heavy atom. The Morgan fingerprint density at radius 2 is 1.92 bits per heavy atom. The van der Waals surface area contributed by atoms with Crippen molar-refractivity contribution < 1.29 is 13.7 Å². The fourth-order valence-electron chi connectivity index (χ4n) is 0.780. The SMILES string of the molecule is COc1ccc(C(=O)OS)cc1. The number of thiol groups is 1. The van der Waals surface area contributed by atoms with Gasteiger partial charge in [-0.1, -0.05) is 0 Å². The van der Waals surface area contributed by atoms with Gasteiger partial charge in [0.2, 0.25) is 0 Å². The lowest BCUT2D eigenvalue weighted by Gasteiger charge is -1.99. The van der Waals surface area contributed by atoms with Crippen molar-refractivity contribution in [1.29, 1.82) is 0 Å². The van der Waals surface area contributed by atoms with Gasteiger partial charge in [0.05, 0.1) is 12.7 Å². The van der Waals surface area contributed by atoms with E-state index >= 15 is 0 Å². The van der Waals surface area contributed by atoms with Gasteiger partial charge in [-0.05, 0) is 24.3 Å². The van der Waals surface area contributed by atoms with Crippen molar-refractivity contribution in [2.75, 3.05) is 7.11 Å². The van der Waals surface area contributed by atoms with Crippen LogP contribution in [0.15, 0.2) is 24.3 Å². The maximum absolute atomic E-state index is 10.9. The van der Waals surface area contributed by atoms with Gasteiger partial charge < -0.3 is 8.92 Å². The first kappa shape index (κ1) is 8.93. The van der Waals surface area contributed by atoms with Crippen LogP contribution >= 0.6 is 12.9 Å². The molecule has 0 saturated heterocycles. The third-order valence-electron chi connectivity index (χ3n) is 1.41. The van der Waals surface area contributed by atoms with E-state index in [0.717, 1.165) is 0 Å². The summed E-state index contributed by atoms with van der Waals surface area (Å²) >= 11 is 3.39. The largest absolute Gasteiger partial charge is 0.497 e. The molecule has 0 aromatic heterocycles. The van der Waals surface area contributed by atoms with Crippen LogP contribution in [0.25, 0.3) is 0 Å². The molecule has 0 amide bonds. The van der Waals surface area contributed by atoms with Gasteiger partial charge in [0, 0.05) is 12.9 Å². The molecule has 0 N–H and O–H groups in total. The molecule has 0 unspecified atom stereocenters. The molecule has 0 saturated carbocycles. The van der Waals surface area contributed by atoms with E-state index in [1.165, 1.54) is 0 Å². The van der Waals surface area contributed by atoms with E-state index in [1.807, 2.05) is 0 Å². The Bertz CT molecular complexity index is 268. The second kappa shape index (κ2) is 4.01. The smallest absolute Gasteiger partial charge is 0.349 e. The number of hydrogen-bond acceptors (Lipinski definition) is 4. The number of carbonyl (C=O) groups excluding carboxylic acids is 1. The first-order valence-corrected chi connectivity index (χ1v) is 3.64. The first-order chi connectivity index (χ1) is 5.77. The number of methoxy groups -OCH3 is 1. The fourth-order valence-corrected chi connectivity index (χ4v) is 0.885. The minimum Gasteiger partial charge on any atom is -0.497 e. The third kappa shape index (κ3) is 1.92. The summed E-state index contributed by atoms with van der Waals surface area (Å²) in [7, 11) is 1.56. The highest BCUT2D eigenvalue weighted by Crippen LogP contribution is 2.12. The minimum absolute atomic E-state index is 0.450. The minimum atomic E-state index is -0.471. The summed E-state index contributed by atoms with van der Waals surface area (Å²) in [6.45, 7) is 0. The fraction of sp³-hybridized carbons (Fsp3) is 0.125. The standard InChI is InChI=1S/C8H8O3S/c1-10-7-4-2-6(3-5-7)8(9)11-12/h2-5,12H,1H3. The molecular formula is C8H8O3S. The van der Waals surface area contributed by atoms with Crippen LogP contribution in [0, 0.1) is 0 Å². The van der Waals surface area contributed by atoms with E-state index in [2.05, 4.69) is 17.1 Å². The second-order valence-corrected chi connectivity index (χ2v) is 2.29. The maximum atomic E-state index is 10.9. The molecule has 0 bridgehead atoms. The Kier molecular flexibility index (Phi) is 2.99. The van der Waals surface area contributed by atoms with Gasteiger partial charge in [0.1, 0.15) is 5.75 Å². The molecule has 1 aromatic carbocycles. The first-order valence-electron chi connectivity index (χ1n) is 3.27. The molecular weight excluding hydrogens is 176 g/mol. The molecule has 3 nitrogen and oxygen atoms in total. The van der Waals surface area contributed by atoms with E-state index in [1.54, 1.807) is 31.4 Å². The summed E-state index contributed by atoms with van der Waals surface area (Å²) in [5.74, 6) is 0.228. The molecule has 0 aliphatic rings. The van der Waals surface area contributed by atoms with Gasteiger partial charge in [0.15, 0.2) is 0 Å². The third-order valence-corrected chi connectivity index (χ3v) is 1.57. The van der Waals surface area contributed by atoms with Gasteiger partial charge in [-0.25, -0.2) is 4.79 Å². The molecule has 0 heterocycles. The number of benzene rings is 1.